The van der Waals surface area contributed by atoms with Gasteiger partial charge >= 0.3 is 0 Å². The van der Waals surface area contributed by atoms with Crippen LogP contribution in [0.5, 0.6) is 0 Å². The zero-order valence-corrected chi connectivity index (χ0v) is 15.4. The van der Waals surface area contributed by atoms with Gasteiger partial charge < -0.3 is 9.80 Å². The van der Waals surface area contributed by atoms with Crippen molar-refractivity contribution in [2.24, 2.45) is 5.92 Å². The molecule has 2 aliphatic heterocycles. The molecule has 0 bridgehead atoms. The van der Waals surface area contributed by atoms with Crippen molar-refractivity contribution >= 4 is 11.7 Å². The summed E-state index contributed by atoms with van der Waals surface area (Å²) in [6.45, 7) is 5.56. The summed E-state index contributed by atoms with van der Waals surface area (Å²) in [7, 11) is 0. The van der Waals surface area contributed by atoms with Gasteiger partial charge in [-0.15, -0.1) is 0 Å². The van der Waals surface area contributed by atoms with Gasteiger partial charge in [-0.25, -0.2) is 9.97 Å². The van der Waals surface area contributed by atoms with Crippen molar-refractivity contribution in [3.05, 3.63) is 53.5 Å². The molecule has 3 heterocycles. The van der Waals surface area contributed by atoms with E-state index in [1.165, 1.54) is 11.1 Å². The maximum atomic E-state index is 12.8. The number of carbonyl (C=O) groups is 1. The van der Waals surface area contributed by atoms with Gasteiger partial charge in [0.1, 0.15) is 12.1 Å². The van der Waals surface area contributed by atoms with Crippen LogP contribution in [0.3, 0.4) is 0 Å². The van der Waals surface area contributed by atoms with Crippen LogP contribution in [-0.2, 0) is 17.8 Å². The zero-order valence-electron chi connectivity index (χ0n) is 15.4. The van der Waals surface area contributed by atoms with E-state index in [9.17, 15) is 4.79 Å². The second-order valence-electron chi connectivity index (χ2n) is 7.49. The smallest absolute Gasteiger partial charge is 0.223 e. The molecule has 136 valence electrons. The van der Waals surface area contributed by atoms with Gasteiger partial charge in [-0.05, 0) is 43.2 Å². The van der Waals surface area contributed by atoms with Gasteiger partial charge in [0.25, 0.3) is 0 Å². The monoisotopic (exact) mass is 350 g/mol. The van der Waals surface area contributed by atoms with E-state index in [-0.39, 0.29) is 0 Å². The first kappa shape index (κ1) is 17.0. The summed E-state index contributed by atoms with van der Waals surface area (Å²) in [5.74, 6) is 1.81. The number of rotatable bonds is 3. The molecule has 1 saturated heterocycles. The molecule has 0 N–H and O–H groups in total. The summed E-state index contributed by atoms with van der Waals surface area (Å²) in [6.07, 6.45) is 5.40. The normalized spacial score (nSPS) is 17.9. The fourth-order valence-corrected chi connectivity index (χ4v) is 4.06. The molecule has 0 saturated carbocycles. The molecule has 5 heteroatoms. The molecule has 0 aliphatic carbocycles. The summed E-state index contributed by atoms with van der Waals surface area (Å²) in [5, 5.41) is 0. The van der Waals surface area contributed by atoms with Crippen LogP contribution in [0, 0.1) is 12.8 Å². The SMILES string of the molecule is Cc1cc(N2CCC(CC(=O)N3CCc4ccccc4C3)CC2)ncn1. The number of aromatic nitrogens is 2. The molecule has 1 amide bonds. The van der Waals surface area contributed by atoms with E-state index in [4.69, 9.17) is 0 Å². The van der Waals surface area contributed by atoms with Gasteiger partial charge in [0, 0.05) is 44.4 Å². The molecular formula is C21H26N4O. The Hall–Kier alpha value is -2.43. The number of fused-ring (bicyclic) bond motifs is 1. The number of nitrogens with zero attached hydrogens (tertiary/aromatic N) is 4. The topological polar surface area (TPSA) is 49.3 Å². The predicted molar refractivity (Wildman–Crippen MR) is 102 cm³/mol. The van der Waals surface area contributed by atoms with Crippen LogP contribution < -0.4 is 4.90 Å². The molecule has 1 aromatic heterocycles. The van der Waals surface area contributed by atoms with Crippen molar-refractivity contribution in [2.75, 3.05) is 24.5 Å². The number of amides is 1. The second-order valence-corrected chi connectivity index (χ2v) is 7.49. The quantitative estimate of drug-likeness (QED) is 0.854. The Bertz CT molecular complexity index is 783. The molecule has 2 aliphatic rings. The van der Waals surface area contributed by atoms with Crippen molar-refractivity contribution in [1.29, 1.82) is 0 Å². The third-order valence-electron chi connectivity index (χ3n) is 5.67. The molecule has 5 nitrogen and oxygen atoms in total. The van der Waals surface area contributed by atoms with Crippen molar-refractivity contribution in [3.8, 4) is 0 Å². The maximum Gasteiger partial charge on any atom is 0.223 e. The number of aryl methyl sites for hydroxylation is 1. The number of piperidine rings is 1. The number of carbonyl (C=O) groups excluding carboxylic acids is 1. The average molecular weight is 350 g/mol. The lowest BCUT2D eigenvalue weighted by Gasteiger charge is -2.34. The predicted octanol–water partition coefficient (Wildman–Crippen LogP) is 2.98. The van der Waals surface area contributed by atoms with E-state index in [2.05, 4.69) is 39.1 Å². The first-order valence-electron chi connectivity index (χ1n) is 9.57. The molecular weight excluding hydrogens is 324 g/mol. The van der Waals surface area contributed by atoms with Gasteiger partial charge in [-0.2, -0.15) is 0 Å². The Morgan fingerprint density at radius 2 is 1.88 bits per heavy atom. The summed E-state index contributed by atoms with van der Waals surface area (Å²) in [6, 6.07) is 10.5. The van der Waals surface area contributed by atoms with Gasteiger partial charge in [-0.3, -0.25) is 4.79 Å². The Balaban J connectivity index is 1.30. The summed E-state index contributed by atoms with van der Waals surface area (Å²) in [5.41, 5.74) is 3.70. The minimum atomic E-state index is 0.316. The lowest BCUT2D eigenvalue weighted by Crippen LogP contribution is -2.39. The molecule has 4 rings (SSSR count). The highest BCUT2D eigenvalue weighted by Crippen LogP contribution is 2.26. The van der Waals surface area contributed by atoms with E-state index in [0.717, 1.165) is 57.0 Å². The highest BCUT2D eigenvalue weighted by molar-refractivity contribution is 5.76. The Morgan fingerprint density at radius 1 is 1.12 bits per heavy atom. The first-order valence-corrected chi connectivity index (χ1v) is 9.57. The van der Waals surface area contributed by atoms with Crippen LogP contribution in [0.4, 0.5) is 5.82 Å². The molecule has 1 fully saturated rings. The van der Waals surface area contributed by atoms with Crippen LogP contribution in [-0.4, -0.2) is 40.4 Å². The maximum absolute atomic E-state index is 12.8. The molecule has 0 radical (unpaired) electrons. The van der Waals surface area contributed by atoms with E-state index in [0.29, 0.717) is 18.2 Å². The molecule has 2 aromatic rings. The molecule has 1 aromatic carbocycles. The van der Waals surface area contributed by atoms with Crippen molar-refractivity contribution < 1.29 is 4.79 Å². The lowest BCUT2D eigenvalue weighted by atomic mass is 9.92. The van der Waals surface area contributed by atoms with Crippen LogP contribution in [0.25, 0.3) is 0 Å². The molecule has 0 spiro atoms. The highest BCUT2D eigenvalue weighted by atomic mass is 16.2. The fourth-order valence-electron chi connectivity index (χ4n) is 4.06. The molecule has 26 heavy (non-hydrogen) atoms. The summed E-state index contributed by atoms with van der Waals surface area (Å²) >= 11 is 0. The van der Waals surface area contributed by atoms with Crippen molar-refractivity contribution in [2.45, 2.75) is 39.2 Å². The molecule has 0 atom stereocenters. The molecule has 0 unspecified atom stereocenters. The standard InChI is InChI=1S/C21H26N4O/c1-16-12-20(23-15-22-16)24-9-6-17(7-10-24)13-21(26)25-11-8-18-4-2-3-5-19(18)14-25/h2-5,12,15,17H,6-11,13-14H2,1H3. The lowest BCUT2D eigenvalue weighted by molar-refractivity contribution is -0.133. The highest BCUT2D eigenvalue weighted by Gasteiger charge is 2.26. The van der Waals surface area contributed by atoms with Gasteiger partial charge in [0.2, 0.25) is 5.91 Å². The fraction of sp³-hybridized carbons (Fsp3) is 0.476. The summed E-state index contributed by atoms with van der Waals surface area (Å²) in [4.78, 5) is 25.7. The van der Waals surface area contributed by atoms with Gasteiger partial charge in [0.15, 0.2) is 0 Å². The Kier molecular flexibility index (Phi) is 4.87. The van der Waals surface area contributed by atoms with Crippen LogP contribution in [0.15, 0.2) is 36.7 Å². The second kappa shape index (κ2) is 7.44. The number of hydrogen-bond acceptors (Lipinski definition) is 4. The van der Waals surface area contributed by atoms with Crippen LogP contribution in [0.2, 0.25) is 0 Å². The van der Waals surface area contributed by atoms with Gasteiger partial charge in [-0.1, -0.05) is 24.3 Å². The number of benzene rings is 1. The first-order chi connectivity index (χ1) is 12.7. The third kappa shape index (κ3) is 3.71. The van der Waals surface area contributed by atoms with Crippen molar-refractivity contribution in [1.82, 2.24) is 14.9 Å². The number of hydrogen-bond donors (Lipinski definition) is 0. The summed E-state index contributed by atoms with van der Waals surface area (Å²) < 4.78 is 0. The third-order valence-corrected chi connectivity index (χ3v) is 5.67. The average Bonchev–Trinajstić information content (AvgIpc) is 2.68. The van der Waals surface area contributed by atoms with E-state index in [1.54, 1.807) is 6.33 Å². The largest absolute Gasteiger partial charge is 0.356 e. The van der Waals surface area contributed by atoms with Gasteiger partial charge in [0.05, 0.1) is 0 Å². The number of anilines is 1. The Morgan fingerprint density at radius 3 is 2.65 bits per heavy atom. The van der Waals surface area contributed by atoms with Crippen LogP contribution >= 0.6 is 0 Å². The Labute approximate surface area is 155 Å². The van der Waals surface area contributed by atoms with E-state index >= 15 is 0 Å². The minimum Gasteiger partial charge on any atom is -0.356 e. The van der Waals surface area contributed by atoms with Crippen molar-refractivity contribution in [3.63, 3.8) is 0 Å². The minimum absolute atomic E-state index is 0.316. The zero-order chi connectivity index (χ0) is 17.9. The van der Waals surface area contributed by atoms with Crippen LogP contribution in [0.1, 0.15) is 36.1 Å². The van der Waals surface area contributed by atoms with E-state index in [1.807, 2.05) is 17.9 Å². The van der Waals surface area contributed by atoms with E-state index < -0.39 is 0 Å².